The van der Waals surface area contributed by atoms with E-state index in [1.807, 2.05) is 0 Å². The standard InChI is InChI=1S/C9H12O5/c1-6(4-5-10)9(13-7(2)11)14-8(3)12/h4-5,9H,1-3H3. The lowest BCUT2D eigenvalue weighted by atomic mass is 10.3. The third kappa shape index (κ3) is 5.08. The molecule has 0 fully saturated rings. The van der Waals surface area contributed by atoms with Crippen LogP contribution < -0.4 is 0 Å². The van der Waals surface area contributed by atoms with Crippen LogP contribution >= 0.6 is 0 Å². The molecule has 0 rings (SSSR count). The predicted molar refractivity (Wildman–Crippen MR) is 47.1 cm³/mol. The van der Waals surface area contributed by atoms with E-state index in [-0.39, 0.29) is 0 Å². The van der Waals surface area contributed by atoms with E-state index in [0.717, 1.165) is 6.08 Å². The summed E-state index contributed by atoms with van der Waals surface area (Å²) in [5.41, 5.74) is 0.352. The summed E-state index contributed by atoms with van der Waals surface area (Å²) in [6.07, 6.45) is 0.571. The Hall–Kier alpha value is -1.65. The number of carbonyl (C=O) groups excluding carboxylic acids is 3. The monoisotopic (exact) mass is 200 g/mol. The van der Waals surface area contributed by atoms with Crippen molar-refractivity contribution in [3.8, 4) is 0 Å². The fourth-order valence-corrected chi connectivity index (χ4v) is 0.697. The molecule has 0 heterocycles. The lowest BCUT2D eigenvalue weighted by Gasteiger charge is -2.16. The van der Waals surface area contributed by atoms with Gasteiger partial charge in [-0.2, -0.15) is 0 Å². The number of rotatable bonds is 4. The molecule has 0 aromatic rings. The highest BCUT2D eigenvalue weighted by molar-refractivity contribution is 5.70. The van der Waals surface area contributed by atoms with Gasteiger partial charge in [0.05, 0.1) is 0 Å². The molecule has 0 bridgehead atoms. The minimum Gasteiger partial charge on any atom is -0.421 e. The van der Waals surface area contributed by atoms with Crippen LogP contribution in [0.5, 0.6) is 0 Å². The summed E-state index contributed by atoms with van der Waals surface area (Å²) in [5.74, 6) is -1.18. The zero-order valence-electron chi connectivity index (χ0n) is 8.27. The van der Waals surface area contributed by atoms with Crippen molar-refractivity contribution in [3.63, 3.8) is 0 Å². The van der Waals surface area contributed by atoms with Crippen molar-refractivity contribution in [3.05, 3.63) is 11.6 Å². The molecule has 0 amide bonds. The van der Waals surface area contributed by atoms with Gasteiger partial charge in [-0.15, -0.1) is 0 Å². The van der Waals surface area contributed by atoms with Gasteiger partial charge < -0.3 is 9.47 Å². The van der Waals surface area contributed by atoms with Crippen LogP contribution in [-0.4, -0.2) is 24.5 Å². The summed E-state index contributed by atoms with van der Waals surface area (Å²) in [4.78, 5) is 31.4. The van der Waals surface area contributed by atoms with Crippen molar-refractivity contribution in [1.82, 2.24) is 0 Å². The third-order valence-electron chi connectivity index (χ3n) is 1.25. The lowest BCUT2D eigenvalue weighted by Crippen LogP contribution is -2.23. The molecule has 0 spiro atoms. The van der Waals surface area contributed by atoms with Crippen LogP contribution in [-0.2, 0) is 23.9 Å². The first-order valence-electron chi connectivity index (χ1n) is 3.93. The van der Waals surface area contributed by atoms with Crippen LogP contribution in [0.1, 0.15) is 20.8 Å². The first kappa shape index (κ1) is 12.3. The molecule has 0 saturated carbocycles. The second kappa shape index (κ2) is 5.90. The van der Waals surface area contributed by atoms with Gasteiger partial charge in [0.1, 0.15) is 6.29 Å². The van der Waals surface area contributed by atoms with Crippen molar-refractivity contribution in [1.29, 1.82) is 0 Å². The smallest absolute Gasteiger partial charge is 0.305 e. The second-order valence-electron chi connectivity index (χ2n) is 2.60. The third-order valence-corrected chi connectivity index (χ3v) is 1.25. The van der Waals surface area contributed by atoms with E-state index in [1.54, 1.807) is 0 Å². The van der Waals surface area contributed by atoms with Gasteiger partial charge in [-0.05, 0) is 13.0 Å². The minimum absolute atomic E-state index is 0.352. The summed E-state index contributed by atoms with van der Waals surface area (Å²) in [6.45, 7) is 3.89. The van der Waals surface area contributed by atoms with Crippen LogP contribution in [0.2, 0.25) is 0 Å². The molecule has 0 atom stereocenters. The van der Waals surface area contributed by atoms with Gasteiger partial charge in [0.25, 0.3) is 6.29 Å². The fourth-order valence-electron chi connectivity index (χ4n) is 0.697. The molecule has 0 radical (unpaired) electrons. The van der Waals surface area contributed by atoms with Gasteiger partial charge in [0.15, 0.2) is 0 Å². The Bertz CT molecular complexity index is 250. The molecule has 0 aliphatic rings. The maximum atomic E-state index is 10.6. The van der Waals surface area contributed by atoms with Crippen molar-refractivity contribution in [2.45, 2.75) is 27.1 Å². The molecule has 0 unspecified atom stereocenters. The SMILES string of the molecule is CC(=O)OC(OC(C)=O)C(C)=CC=O. The van der Waals surface area contributed by atoms with E-state index >= 15 is 0 Å². The molecule has 0 N–H and O–H groups in total. The second-order valence-corrected chi connectivity index (χ2v) is 2.60. The molecule has 0 aliphatic carbocycles. The Morgan fingerprint density at radius 3 is 1.79 bits per heavy atom. The highest BCUT2D eigenvalue weighted by Crippen LogP contribution is 2.08. The number of aldehydes is 1. The van der Waals surface area contributed by atoms with Crippen LogP contribution in [0.15, 0.2) is 11.6 Å². The average Bonchev–Trinajstić information content (AvgIpc) is 2.01. The average molecular weight is 200 g/mol. The molecule has 14 heavy (non-hydrogen) atoms. The van der Waals surface area contributed by atoms with Crippen LogP contribution in [0.3, 0.4) is 0 Å². The molecule has 0 aromatic carbocycles. The number of hydrogen-bond acceptors (Lipinski definition) is 5. The molecule has 5 heteroatoms. The molecular formula is C9H12O5. The van der Waals surface area contributed by atoms with Crippen molar-refractivity contribution in [2.24, 2.45) is 0 Å². The highest BCUT2D eigenvalue weighted by Gasteiger charge is 2.16. The summed E-state index contributed by atoms with van der Waals surface area (Å²) < 4.78 is 9.33. The van der Waals surface area contributed by atoms with Gasteiger partial charge >= 0.3 is 11.9 Å². The molecule has 5 nitrogen and oxygen atoms in total. The first-order valence-corrected chi connectivity index (χ1v) is 3.93. The topological polar surface area (TPSA) is 69.7 Å². The Morgan fingerprint density at radius 2 is 1.50 bits per heavy atom. The molecule has 0 saturated heterocycles. The number of esters is 2. The summed E-state index contributed by atoms with van der Waals surface area (Å²) in [7, 11) is 0. The van der Waals surface area contributed by atoms with E-state index in [1.165, 1.54) is 20.8 Å². The maximum Gasteiger partial charge on any atom is 0.305 e. The van der Waals surface area contributed by atoms with Crippen molar-refractivity contribution >= 4 is 18.2 Å². The van der Waals surface area contributed by atoms with Crippen LogP contribution in [0, 0.1) is 0 Å². The molecule has 0 aromatic heterocycles. The number of ether oxygens (including phenoxy) is 2. The quantitative estimate of drug-likeness (QED) is 0.287. The zero-order chi connectivity index (χ0) is 11.1. The first-order chi connectivity index (χ1) is 6.47. The Balaban J connectivity index is 4.53. The van der Waals surface area contributed by atoms with Gasteiger partial charge in [-0.25, -0.2) is 0 Å². The van der Waals surface area contributed by atoms with E-state index in [4.69, 9.17) is 0 Å². The Labute approximate surface area is 81.7 Å². The Morgan fingerprint density at radius 1 is 1.07 bits per heavy atom. The summed E-state index contributed by atoms with van der Waals surface area (Å²) >= 11 is 0. The predicted octanol–water partition coefficient (Wildman–Crippen LogP) is 0.584. The molecular weight excluding hydrogens is 188 g/mol. The summed E-state index contributed by atoms with van der Waals surface area (Å²) in [6, 6.07) is 0. The number of carbonyl (C=O) groups is 3. The van der Waals surface area contributed by atoms with E-state index < -0.39 is 18.2 Å². The zero-order valence-corrected chi connectivity index (χ0v) is 8.27. The van der Waals surface area contributed by atoms with Gasteiger partial charge in [0.2, 0.25) is 0 Å². The fraction of sp³-hybridized carbons (Fsp3) is 0.444. The number of allylic oxidation sites excluding steroid dienone is 1. The van der Waals surface area contributed by atoms with Crippen LogP contribution in [0.25, 0.3) is 0 Å². The van der Waals surface area contributed by atoms with Gasteiger partial charge in [0, 0.05) is 19.4 Å². The maximum absolute atomic E-state index is 10.6. The normalized spacial score (nSPS) is 11.0. The van der Waals surface area contributed by atoms with Crippen LogP contribution in [0.4, 0.5) is 0 Å². The van der Waals surface area contributed by atoms with E-state index in [9.17, 15) is 14.4 Å². The molecule has 0 aliphatic heterocycles. The summed E-state index contributed by atoms with van der Waals surface area (Å²) in [5, 5.41) is 0. The Kier molecular flexibility index (Phi) is 5.21. The largest absolute Gasteiger partial charge is 0.421 e. The van der Waals surface area contributed by atoms with E-state index in [2.05, 4.69) is 9.47 Å². The van der Waals surface area contributed by atoms with Gasteiger partial charge in [-0.1, -0.05) is 0 Å². The van der Waals surface area contributed by atoms with E-state index in [0.29, 0.717) is 11.9 Å². The van der Waals surface area contributed by atoms with Gasteiger partial charge in [-0.3, -0.25) is 14.4 Å². The molecule has 78 valence electrons. The minimum atomic E-state index is -1.12. The lowest BCUT2D eigenvalue weighted by molar-refractivity contribution is -0.178. The number of hydrogen-bond donors (Lipinski definition) is 0. The van der Waals surface area contributed by atoms with Crippen molar-refractivity contribution < 1.29 is 23.9 Å². The highest BCUT2D eigenvalue weighted by atomic mass is 16.7. The van der Waals surface area contributed by atoms with Crippen molar-refractivity contribution in [2.75, 3.05) is 0 Å².